The number of nitrogens with one attached hydrogen (secondary N) is 3. The van der Waals surface area contributed by atoms with Crippen molar-refractivity contribution in [3.05, 3.63) is 60.7 Å². The number of hydrogen-bond donors (Lipinski definition) is 3. The predicted molar refractivity (Wildman–Crippen MR) is 152 cm³/mol. The molecule has 1 saturated heterocycles. The number of amides is 2. The van der Waals surface area contributed by atoms with Crippen LogP contribution in [0.1, 0.15) is 38.6 Å². The molecule has 2 unspecified atom stereocenters. The second-order valence-corrected chi connectivity index (χ2v) is 11.3. The summed E-state index contributed by atoms with van der Waals surface area (Å²) in [6.45, 7) is 4.45. The number of nitrogens with zero attached hydrogens (tertiary/aromatic N) is 3. The number of thiophene rings is 1. The van der Waals surface area contributed by atoms with Gasteiger partial charge in [-0.3, -0.25) is 4.79 Å². The van der Waals surface area contributed by atoms with Gasteiger partial charge < -0.3 is 24.9 Å². The van der Waals surface area contributed by atoms with Crippen LogP contribution in [-0.2, 0) is 9.53 Å². The van der Waals surface area contributed by atoms with Gasteiger partial charge in [-0.05, 0) is 66.3 Å². The zero-order valence-corrected chi connectivity index (χ0v) is 22.8. The highest BCUT2D eigenvalue weighted by atomic mass is 32.1. The summed E-state index contributed by atoms with van der Waals surface area (Å²) in [5.41, 5.74) is 6.04. The van der Waals surface area contributed by atoms with E-state index in [1.54, 1.807) is 17.7 Å². The van der Waals surface area contributed by atoms with Gasteiger partial charge in [-0.2, -0.15) is 0 Å². The van der Waals surface area contributed by atoms with E-state index in [9.17, 15) is 9.59 Å². The van der Waals surface area contributed by atoms with Crippen molar-refractivity contribution in [1.29, 1.82) is 0 Å². The van der Waals surface area contributed by atoms with Crippen LogP contribution < -0.4 is 5.32 Å². The lowest BCUT2D eigenvalue weighted by atomic mass is 10.0. The third-order valence-corrected chi connectivity index (χ3v) is 8.52. The third-order valence-electron chi connectivity index (χ3n) is 7.34. The molecule has 1 aliphatic heterocycles. The molecule has 2 aromatic carbocycles. The van der Waals surface area contributed by atoms with Gasteiger partial charge in [0.2, 0.25) is 5.91 Å². The number of alkyl carbamates (subject to hydrolysis) is 1. The number of carbonyl (C=O) groups is 2. The Morgan fingerprint density at radius 1 is 1.05 bits per heavy atom. The van der Waals surface area contributed by atoms with Crippen LogP contribution in [0.5, 0.6) is 0 Å². The number of ether oxygens (including phenoxy) is 1. The fourth-order valence-electron chi connectivity index (χ4n) is 5.27. The first-order valence-electron chi connectivity index (χ1n) is 13.1. The van der Waals surface area contributed by atoms with Gasteiger partial charge in [0.1, 0.15) is 11.9 Å². The molecule has 200 valence electrons. The van der Waals surface area contributed by atoms with Crippen LogP contribution in [0, 0.1) is 5.92 Å². The number of aromatic amines is 2. The van der Waals surface area contributed by atoms with Gasteiger partial charge in [-0.15, -0.1) is 11.3 Å². The number of fused-ring (bicyclic) bond motifs is 2. The Morgan fingerprint density at radius 2 is 1.77 bits per heavy atom. The first-order valence-corrected chi connectivity index (χ1v) is 13.9. The van der Waals surface area contributed by atoms with E-state index in [0.717, 1.165) is 51.9 Å². The Hall–Kier alpha value is -4.18. The van der Waals surface area contributed by atoms with Crippen molar-refractivity contribution in [2.75, 3.05) is 13.7 Å². The molecule has 5 aromatic rings. The van der Waals surface area contributed by atoms with Crippen molar-refractivity contribution in [3.8, 4) is 20.9 Å². The first-order chi connectivity index (χ1) is 18.9. The van der Waals surface area contributed by atoms with Crippen molar-refractivity contribution >= 4 is 45.4 Å². The van der Waals surface area contributed by atoms with Crippen LogP contribution in [-0.4, -0.2) is 56.5 Å². The molecule has 2 amide bonds. The zero-order chi connectivity index (χ0) is 27.1. The standard InChI is InChI=1S/C29H30N6O3S/c1-16(2)26(34-29(37)38-3)28(36)35-12-4-5-23(35)27-32-20-9-7-18(14-22(20)33-27)25-11-10-24(39-25)17-6-8-19-21(13-17)31-15-30-19/h6-11,13-16,23,26H,4-5,12H2,1-3H3,(H,30,31)(H,32,33)(H,34,37). The van der Waals surface area contributed by atoms with Crippen molar-refractivity contribution in [2.45, 2.75) is 38.8 Å². The minimum atomic E-state index is -0.656. The largest absolute Gasteiger partial charge is 0.453 e. The average Bonchev–Trinajstić information content (AvgIpc) is 3.75. The number of methoxy groups -OCH3 is 1. The average molecular weight is 543 g/mol. The molecule has 3 aromatic heterocycles. The second kappa shape index (κ2) is 10.2. The SMILES string of the molecule is COC(=O)NC(C(=O)N1CCCC1c1nc2ccc(-c3ccc(-c4ccc5nc[nH]c5c4)s3)cc2[nH]1)C(C)C. The number of carbonyl (C=O) groups excluding carboxylic acids is 2. The van der Waals surface area contributed by atoms with Crippen LogP contribution in [0.4, 0.5) is 4.79 Å². The van der Waals surface area contributed by atoms with Gasteiger partial charge >= 0.3 is 6.09 Å². The highest BCUT2D eigenvalue weighted by Gasteiger charge is 2.37. The molecule has 0 bridgehead atoms. The van der Waals surface area contributed by atoms with Crippen LogP contribution >= 0.6 is 11.3 Å². The van der Waals surface area contributed by atoms with Gasteiger partial charge in [0, 0.05) is 16.3 Å². The third kappa shape index (κ3) is 4.76. The predicted octanol–water partition coefficient (Wildman–Crippen LogP) is 5.88. The van der Waals surface area contributed by atoms with Crippen LogP contribution in [0.3, 0.4) is 0 Å². The maximum Gasteiger partial charge on any atom is 0.407 e. The number of likely N-dealkylation sites (tertiary alicyclic amines) is 1. The van der Waals surface area contributed by atoms with E-state index < -0.39 is 12.1 Å². The lowest BCUT2D eigenvalue weighted by Gasteiger charge is -2.29. The smallest absolute Gasteiger partial charge is 0.407 e. The number of imidazole rings is 2. The maximum atomic E-state index is 13.5. The fourth-order valence-corrected chi connectivity index (χ4v) is 6.27. The van der Waals surface area contributed by atoms with Crippen LogP contribution in [0.2, 0.25) is 0 Å². The lowest BCUT2D eigenvalue weighted by Crippen LogP contribution is -2.51. The first kappa shape index (κ1) is 25.1. The molecule has 0 spiro atoms. The van der Waals surface area contributed by atoms with Crippen LogP contribution in [0.25, 0.3) is 42.9 Å². The highest BCUT2D eigenvalue weighted by molar-refractivity contribution is 7.18. The number of hydrogen-bond acceptors (Lipinski definition) is 6. The van der Waals surface area contributed by atoms with Crippen molar-refractivity contribution in [3.63, 3.8) is 0 Å². The Balaban J connectivity index is 1.25. The summed E-state index contributed by atoms with van der Waals surface area (Å²) in [7, 11) is 1.30. The summed E-state index contributed by atoms with van der Waals surface area (Å²) in [6, 6.07) is 16.0. The van der Waals surface area contributed by atoms with Gasteiger partial charge in [0.25, 0.3) is 0 Å². The molecule has 4 heterocycles. The Labute approximate surface area is 229 Å². The van der Waals surface area contributed by atoms with E-state index in [1.165, 1.54) is 16.9 Å². The van der Waals surface area contributed by atoms with Gasteiger partial charge in [-0.25, -0.2) is 14.8 Å². The summed E-state index contributed by atoms with van der Waals surface area (Å²) in [5, 5.41) is 2.70. The van der Waals surface area contributed by atoms with E-state index >= 15 is 0 Å². The molecule has 6 rings (SSSR count). The summed E-state index contributed by atoms with van der Waals surface area (Å²) in [4.78, 5) is 45.3. The Kier molecular flexibility index (Phi) is 6.56. The van der Waals surface area contributed by atoms with Crippen molar-refractivity contribution in [2.24, 2.45) is 5.92 Å². The second-order valence-electron chi connectivity index (χ2n) is 10.2. The monoisotopic (exact) mass is 542 g/mol. The number of rotatable bonds is 6. The Bertz CT molecular complexity index is 1670. The molecule has 2 atom stereocenters. The lowest BCUT2D eigenvalue weighted by molar-refractivity contribution is -0.135. The molecular formula is C29H30N6O3S. The van der Waals surface area contributed by atoms with E-state index in [0.29, 0.717) is 6.54 Å². The van der Waals surface area contributed by atoms with Gasteiger partial charge in [0.05, 0.1) is 41.5 Å². The van der Waals surface area contributed by atoms with E-state index in [1.807, 2.05) is 30.9 Å². The van der Waals surface area contributed by atoms with Crippen molar-refractivity contribution < 1.29 is 14.3 Å². The fraction of sp³-hybridized carbons (Fsp3) is 0.310. The minimum absolute atomic E-state index is 0.0758. The number of H-pyrrole nitrogens is 2. The number of aromatic nitrogens is 4. The van der Waals surface area contributed by atoms with Crippen LogP contribution in [0.15, 0.2) is 54.9 Å². The topological polar surface area (TPSA) is 116 Å². The Morgan fingerprint density at radius 3 is 2.49 bits per heavy atom. The molecule has 3 N–H and O–H groups in total. The summed E-state index contributed by atoms with van der Waals surface area (Å²) < 4.78 is 4.74. The minimum Gasteiger partial charge on any atom is -0.453 e. The zero-order valence-electron chi connectivity index (χ0n) is 22.0. The maximum absolute atomic E-state index is 13.5. The highest BCUT2D eigenvalue weighted by Crippen LogP contribution is 2.37. The molecule has 1 aliphatic rings. The van der Waals surface area contributed by atoms with E-state index in [2.05, 4.69) is 56.7 Å². The molecule has 0 aliphatic carbocycles. The number of benzene rings is 2. The van der Waals surface area contributed by atoms with Gasteiger partial charge in [-0.1, -0.05) is 26.0 Å². The molecule has 9 nitrogen and oxygen atoms in total. The molecule has 39 heavy (non-hydrogen) atoms. The summed E-state index contributed by atoms with van der Waals surface area (Å²) in [6.07, 6.45) is 2.80. The summed E-state index contributed by atoms with van der Waals surface area (Å²) >= 11 is 1.74. The normalized spacial score (nSPS) is 16.3. The van der Waals surface area contributed by atoms with Gasteiger partial charge in [0.15, 0.2) is 0 Å². The molecule has 0 radical (unpaired) electrons. The molecular weight excluding hydrogens is 512 g/mol. The van der Waals surface area contributed by atoms with Crippen molar-refractivity contribution in [1.82, 2.24) is 30.2 Å². The molecule has 1 fully saturated rings. The van der Waals surface area contributed by atoms with E-state index in [-0.39, 0.29) is 17.9 Å². The van der Waals surface area contributed by atoms with E-state index in [4.69, 9.17) is 9.72 Å². The molecule has 10 heteroatoms. The molecule has 0 saturated carbocycles. The quantitative estimate of drug-likeness (QED) is 0.248. The summed E-state index contributed by atoms with van der Waals surface area (Å²) in [5.74, 6) is 0.583.